The Morgan fingerprint density at radius 1 is 1.00 bits per heavy atom. The number of rotatable bonds is 6. The summed E-state index contributed by atoms with van der Waals surface area (Å²) in [6.07, 6.45) is 0. The number of nitro benzene ring substituents is 1. The highest BCUT2D eigenvalue weighted by atomic mass is 16.6. The third-order valence-corrected chi connectivity index (χ3v) is 3.85. The van der Waals surface area contributed by atoms with Crippen molar-refractivity contribution in [3.63, 3.8) is 0 Å². The predicted octanol–water partition coefficient (Wildman–Crippen LogP) is 3.90. The number of benzene rings is 3. The molecule has 3 aromatic carbocycles. The second kappa shape index (κ2) is 8.01. The van der Waals surface area contributed by atoms with Crippen LogP contribution in [0.1, 0.15) is 15.9 Å². The predicted molar refractivity (Wildman–Crippen MR) is 102 cm³/mol. The topological polar surface area (TPSA) is 107 Å². The van der Waals surface area contributed by atoms with Crippen LogP contribution in [0.4, 0.5) is 11.4 Å². The minimum absolute atomic E-state index is 0.0771. The minimum atomic E-state index is -0.568. The Morgan fingerprint density at radius 3 is 2.33 bits per heavy atom. The largest absolute Gasteiger partial charge is 0.457 e. The van der Waals surface area contributed by atoms with Crippen LogP contribution in [-0.4, -0.2) is 10.8 Å². The van der Waals surface area contributed by atoms with Gasteiger partial charge in [-0.2, -0.15) is 0 Å². The number of carbonyl (C=O) groups is 1. The summed E-state index contributed by atoms with van der Waals surface area (Å²) >= 11 is 0. The maximum atomic E-state index is 12.3. The number of carbonyl (C=O) groups excluding carboxylic acids is 1. The van der Waals surface area contributed by atoms with Gasteiger partial charge in [0, 0.05) is 24.4 Å². The molecular weight excluding hydrogens is 346 g/mol. The number of amides is 1. The van der Waals surface area contributed by atoms with E-state index in [1.54, 1.807) is 12.1 Å². The molecule has 0 saturated heterocycles. The van der Waals surface area contributed by atoms with Crippen LogP contribution in [0.3, 0.4) is 0 Å². The molecule has 0 atom stereocenters. The molecule has 3 N–H and O–H groups in total. The smallest absolute Gasteiger partial charge is 0.270 e. The number of nitrogens with one attached hydrogen (secondary N) is 1. The second-order valence-electron chi connectivity index (χ2n) is 5.77. The van der Waals surface area contributed by atoms with Crippen LogP contribution in [0.25, 0.3) is 0 Å². The molecule has 27 heavy (non-hydrogen) atoms. The highest BCUT2D eigenvalue weighted by Crippen LogP contribution is 2.22. The highest BCUT2D eigenvalue weighted by molar-refractivity contribution is 5.99. The van der Waals surface area contributed by atoms with Gasteiger partial charge in [-0.15, -0.1) is 0 Å². The molecule has 7 nitrogen and oxygen atoms in total. The first-order valence-corrected chi connectivity index (χ1v) is 8.17. The summed E-state index contributed by atoms with van der Waals surface area (Å²) in [4.78, 5) is 22.6. The molecule has 3 rings (SSSR count). The number of hydrogen-bond acceptors (Lipinski definition) is 5. The van der Waals surface area contributed by atoms with Gasteiger partial charge >= 0.3 is 0 Å². The second-order valence-corrected chi connectivity index (χ2v) is 5.77. The number of ether oxygens (including phenoxy) is 1. The number of nitrogens with zero attached hydrogens (tertiary/aromatic N) is 1. The summed E-state index contributed by atoms with van der Waals surface area (Å²) in [7, 11) is 0. The van der Waals surface area contributed by atoms with E-state index in [9.17, 15) is 14.9 Å². The summed E-state index contributed by atoms with van der Waals surface area (Å²) in [6.45, 7) is 0.257. The van der Waals surface area contributed by atoms with Crippen molar-refractivity contribution in [2.24, 2.45) is 0 Å². The van der Waals surface area contributed by atoms with Gasteiger partial charge in [0.2, 0.25) is 0 Å². The van der Waals surface area contributed by atoms with Crippen molar-refractivity contribution in [3.05, 3.63) is 94.0 Å². The molecule has 136 valence electrons. The molecule has 0 radical (unpaired) electrons. The van der Waals surface area contributed by atoms with Gasteiger partial charge in [0.1, 0.15) is 11.5 Å². The van der Waals surface area contributed by atoms with Crippen LogP contribution in [-0.2, 0) is 6.54 Å². The molecule has 1 amide bonds. The summed E-state index contributed by atoms with van der Waals surface area (Å²) < 4.78 is 5.71. The Balaban J connectivity index is 1.62. The molecule has 0 aliphatic rings. The van der Waals surface area contributed by atoms with E-state index >= 15 is 0 Å². The molecular formula is C20H17N3O4. The fourth-order valence-corrected chi connectivity index (χ4v) is 2.43. The van der Waals surface area contributed by atoms with E-state index in [0.717, 1.165) is 11.3 Å². The van der Waals surface area contributed by atoms with E-state index in [1.165, 1.54) is 18.2 Å². The quantitative estimate of drug-likeness (QED) is 0.392. The minimum Gasteiger partial charge on any atom is -0.457 e. The van der Waals surface area contributed by atoms with E-state index in [1.807, 2.05) is 42.5 Å². The number of para-hydroxylation sites is 1. The van der Waals surface area contributed by atoms with Gasteiger partial charge in [-0.3, -0.25) is 14.9 Å². The van der Waals surface area contributed by atoms with Gasteiger partial charge in [-0.1, -0.05) is 30.3 Å². The molecule has 0 aromatic heterocycles. The zero-order valence-electron chi connectivity index (χ0n) is 14.3. The number of non-ortho nitro benzene ring substituents is 1. The molecule has 0 spiro atoms. The van der Waals surface area contributed by atoms with Crippen molar-refractivity contribution in [1.82, 2.24) is 5.32 Å². The fourth-order valence-electron chi connectivity index (χ4n) is 2.43. The first kappa shape index (κ1) is 17.9. The standard InChI is InChI=1S/C20H17N3O4/c21-19-11-8-15(23(25)26)12-18(19)20(24)22-13-14-6-9-17(10-7-14)27-16-4-2-1-3-5-16/h1-12H,13,21H2,(H,22,24). The average molecular weight is 363 g/mol. The van der Waals surface area contributed by atoms with Crippen LogP contribution < -0.4 is 15.8 Å². The molecule has 0 aliphatic heterocycles. The lowest BCUT2D eigenvalue weighted by Crippen LogP contribution is -2.23. The normalized spacial score (nSPS) is 10.2. The van der Waals surface area contributed by atoms with Crippen molar-refractivity contribution < 1.29 is 14.5 Å². The Labute approximate surface area is 155 Å². The molecule has 3 aromatic rings. The van der Waals surface area contributed by atoms with Gasteiger partial charge in [-0.25, -0.2) is 0 Å². The lowest BCUT2D eigenvalue weighted by atomic mass is 10.1. The SMILES string of the molecule is Nc1ccc([N+](=O)[O-])cc1C(=O)NCc1ccc(Oc2ccccc2)cc1. The average Bonchev–Trinajstić information content (AvgIpc) is 2.68. The molecule has 0 bridgehead atoms. The Bertz CT molecular complexity index is 957. The maximum Gasteiger partial charge on any atom is 0.270 e. The molecule has 0 saturated carbocycles. The van der Waals surface area contributed by atoms with Crippen LogP contribution >= 0.6 is 0 Å². The summed E-state index contributed by atoms with van der Waals surface area (Å²) in [6, 6.07) is 20.4. The molecule has 0 fully saturated rings. The van der Waals surface area contributed by atoms with E-state index in [2.05, 4.69) is 5.32 Å². The zero-order chi connectivity index (χ0) is 19.2. The van der Waals surface area contributed by atoms with Gasteiger partial charge < -0.3 is 15.8 Å². The van der Waals surface area contributed by atoms with Crippen LogP contribution in [0.15, 0.2) is 72.8 Å². The van der Waals surface area contributed by atoms with Crippen LogP contribution in [0.5, 0.6) is 11.5 Å². The first-order chi connectivity index (χ1) is 13.0. The summed E-state index contributed by atoms with van der Waals surface area (Å²) in [5, 5.41) is 13.6. The van der Waals surface area contributed by atoms with Crippen LogP contribution in [0.2, 0.25) is 0 Å². The number of hydrogen-bond donors (Lipinski definition) is 2. The van der Waals surface area contributed by atoms with Crippen molar-refractivity contribution in [3.8, 4) is 11.5 Å². The first-order valence-electron chi connectivity index (χ1n) is 8.17. The van der Waals surface area contributed by atoms with Gasteiger partial charge in [0.15, 0.2) is 0 Å². The monoisotopic (exact) mass is 363 g/mol. The summed E-state index contributed by atoms with van der Waals surface area (Å²) in [5.74, 6) is 0.944. The van der Waals surface area contributed by atoms with E-state index in [4.69, 9.17) is 10.5 Å². The molecule has 0 unspecified atom stereocenters. The Morgan fingerprint density at radius 2 is 1.67 bits per heavy atom. The third-order valence-electron chi connectivity index (χ3n) is 3.85. The van der Waals surface area contributed by atoms with Crippen molar-refractivity contribution in [2.45, 2.75) is 6.54 Å². The lowest BCUT2D eigenvalue weighted by Gasteiger charge is -2.09. The number of nitrogens with two attached hydrogens (primary N) is 1. The zero-order valence-corrected chi connectivity index (χ0v) is 14.3. The van der Waals surface area contributed by atoms with Crippen LogP contribution in [0, 0.1) is 10.1 Å². The van der Waals surface area contributed by atoms with Crippen molar-refractivity contribution in [1.29, 1.82) is 0 Å². The van der Waals surface area contributed by atoms with Crippen molar-refractivity contribution in [2.75, 3.05) is 5.73 Å². The van der Waals surface area contributed by atoms with Crippen molar-refractivity contribution >= 4 is 17.3 Å². The maximum absolute atomic E-state index is 12.3. The molecule has 0 heterocycles. The van der Waals surface area contributed by atoms with Gasteiger partial charge in [0.25, 0.3) is 11.6 Å². The number of nitro groups is 1. The fraction of sp³-hybridized carbons (Fsp3) is 0.0500. The van der Waals surface area contributed by atoms with Gasteiger partial charge in [0.05, 0.1) is 10.5 Å². The molecule has 0 aliphatic carbocycles. The van der Waals surface area contributed by atoms with E-state index in [0.29, 0.717) is 5.75 Å². The Hall–Kier alpha value is -3.87. The number of anilines is 1. The Kier molecular flexibility index (Phi) is 5.32. The summed E-state index contributed by atoms with van der Waals surface area (Å²) in [5.41, 5.74) is 6.69. The third kappa shape index (κ3) is 4.60. The lowest BCUT2D eigenvalue weighted by molar-refractivity contribution is -0.384. The number of nitrogen functional groups attached to an aromatic ring is 1. The van der Waals surface area contributed by atoms with E-state index < -0.39 is 10.8 Å². The van der Waals surface area contributed by atoms with E-state index in [-0.39, 0.29) is 23.5 Å². The highest BCUT2D eigenvalue weighted by Gasteiger charge is 2.15. The molecule has 7 heteroatoms. The van der Waals surface area contributed by atoms with Gasteiger partial charge in [-0.05, 0) is 35.9 Å².